The van der Waals surface area contributed by atoms with Crippen molar-refractivity contribution in [2.24, 2.45) is 0 Å². The Kier molecular flexibility index (Phi) is 7.41. The van der Waals surface area contributed by atoms with Crippen molar-refractivity contribution in [2.45, 2.75) is 13.0 Å². The molecule has 0 fully saturated rings. The van der Waals surface area contributed by atoms with Crippen molar-refractivity contribution in [3.8, 4) is 5.75 Å². The number of amides is 2. The first kappa shape index (κ1) is 19.7. The van der Waals surface area contributed by atoms with Crippen LogP contribution in [0.15, 0.2) is 48.5 Å². The third-order valence-electron chi connectivity index (χ3n) is 4.05. The molecule has 26 heavy (non-hydrogen) atoms. The molecule has 6 heteroatoms. The standard InChI is InChI=1S/C20H26FN3O2/c1-15-7-4-5-10-19(15)26-12-11-22-20(25)23-14-18(24(2)3)16-8-6-9-17(21)13-16/h4-10,13,18H,11-12,14H2,1-3H3,(H2,22,23,25). The van der Waals surface area contributed by atoms with Crippen LogP contribution in [0.4, 0.5) is 9.18 Å². The summed E-state index contributed by atoms with van der Waals surface area (Å²) in [4.78, 5) is 13.9. The Hall–Kier alpha value is -2.60. The van der Waals surface area contributed by atoms with E-state index in [9.17, 15) is 9.18 Å². The van der Waals surface area contributed by atoms with Crippen molar-refractivity contribution < 1.29 is 13.9 Å². The molecule has 0 aromatic heterocycles. The van der Waals surface area contributed by atoms with Crippen LogP contribution in [0.1, 0.15) is 17.2 Å². The molecule has 5 nitrogen and oxygen atoms in total. The van der Waals surface area contributed by atoms with E-state index in [4.69, 9.17) is 4.74 Å². The van der Waals surface area contributed by atoms with Crippen LogP contribution in [0, 0.1) is 12.7 Å². The molecule has 2 amide bonds. The van der Waals surface area contributed by atoms with Crippen molar-refractivity contribution in [2.75, 3.05) is 33.8 Å². The summed E-state index contributed by atoms with van der Waals surface area (Å²) in [6.07, 6.45) is 0. The lowest BCUT2D eigenvalue weighted by Crippen LogP contribution is -2.41. The molecule has 0 bridgehead atoms. The Morgan fingerprint density at radius 3 is 2.62 bits per heavy atom. The molecule has 2 aromatic carbocycles. The number of hydrogen-bond acceptors (Lipinski definition) is 3. The number of para-hydroxylation sites is 1. The molecule has 0 saturated carbocycles. The summed E-state index contributed by atoms with van der Waals surface area (Å²) in [5.41, 5.74) is 1.87. The number of halogens is 1. The maximum Gasteiger partial charge on any atom is 0.314 e. The van der Waals surface area contributed by atoms with E-state index >= 15 is 0 Å². The van der Waals surface area contributed by atoms with Gasteiger partial charge in [-0.3, -0.25) is 0 Å². The highest BCUT2D eigenvalue weighted by Gasteiger charge is 2.15. The summed E-state index contributed by atoms with van der Waals surface area (Å²) in [5, 5.41) is 5.58. The second-order valence-electron chi connectivity index (χ2n) is 6.29. The van der Waals surface area contributed by atoms with Crippen LogP contribution in [-0.2, 0) is 0 Å². The quantitative estimate of drug-likeness (QED) is 0.712. The van der Waals surface area contributed by atoms with Gasteiger partial charge in [-0.15, -0.1) is 0 Å². The van der Waals surface area contributed by atoms with Crippen molar-refractivity contribution in [1.82, 2.24) is 15.5 Å². The minimum absolute atomic E-state index is 0.111. The Morgan fingerprint density at radius 1 is 1.15 bits per heavy atom. The van der Waals surface area contributed by atoms with Gasteiger partial charge in [0, 0.05) is 6.54 Å². The van der Waals surface area contributed by atoms with Gasteiger partial charge in [0.2, 0.25) is 0 Å². The number of urea groups is 1. The first-order valence-electron chi connectivity index (χ1n) is 8.59. The van der Waals surface area contributed by atoms with Crippen molar-refractivity contribution in [1.29, 1.82) is 0 Å². The Morgan fingerprint density at radius 2 is 1.92 bits per heavy atom. The van der Waals surface area contributed by atoms with Crippen LogP contribution in [0.3, 0.4) is 0 Å². The van der Waals surface area contributed by atoms with Gasteiger partial charge in [-0.05, 0) is 50.3 Å². The second-order valence-corrected chi connectivity index (χ2v) is 6.29. The smallest absolute Gasteiger partial charge is 0.314 e. The van der Waals surface area contributed by atoms with Gasteiger partial charge in [-0.25, -0.2) is 9.18 Å². The lowest BCUT2D eigenvalue weighted by atomic mass is 10.1. The number of aryl methyl sites for hydroxylation is 1. The lowest BCUT2D eigenvalue weighted by Gasteiger charge is -2.25. The number of rotatable bonds is 8. The summed E-state index contributed by atoms with van der Waals surface area (Å²) in [5.74, 6) is 0.528. The zero-order valence-electron chi connectivity index (χ0n) is 15.5. The number of carbonyl (C=O) groups excluding carboxylic acids is 1. The van der Waals surface area contributed by atoms with Gasteiger partial charge in [0.05, 0.1) is 12.6 Å². The van der Waals surface area contributed by atoms with Crippen molar-refractivity contribution in [3.63, 3.8) is 0 Å². The first-order chi connectivity index (χ1) is 12.5. The molecule has 0 aliphatic heterocycles. The zero-order valence-corrected chi connectivity index (χ0v) is 15.5. The van der Waals surface area contributed by atoms with E-state index in [1.807, 2.05) is 56.3 Å². The molecule has 0 saturated heterocycles. The number of hydrogen-bond donors (Lipinski definition) is 2. The SMILES string of the molecule is Cc1ccccc1OCCNC(=O)NCC(c1cccc(F)c1)N(C)C. The number of likely N-dealkylation sites (N-methyl/N-ethyl adjacent to an activating group) is 1. The largest absolute Gasteiger partial charge is 0.491 e. The van der Waals surface area contributed by atoms with Crippen LogP contribution in [-0.4, -0.2) is 44.7 Å². The van der Waals surface area contributed by atoms with Crippen LogP contribution in [0.25, 0.3) is 0 Å². The molecular weight excluding hydrogens is 333 g/mol. The molecule has 0 radical (unpaired) electrons. The van der Waals surface area contributed by atoms with Gasteiger partial charge < -0.3 is 20.3 Å². The fourth-order valence-corrected chi connectivity index (χ4v) is 2.61. The van der Waals surface area contributed by atoms with Gasteiger partial charge in [-0.1, -0.05) is 30.3 Å². The van der Waals surface area contributed by atoms with Crippen LogP contribution >= 0.6 is 0 Å². The van der Waals surface area contributed by atoms with E-state index in [0.29, 0.717) is 19.7 Å². The molecular formula is C20H26FN3O2. The van der Waals surface area contributed by atoms with E-state index in [2.05, 4.69) is 10.6 Å². The summed E-state index contributed by atoms with van der Waals surface area (Å²) in [7, 11) is 3.79. The molecule has 2 N–H and O–H groups in total. The number of ether oxygens (including phenoxy) is 1. The Bertz CT molecular complexity index is 722. The third kappa shape index (κ3) is 6.04. The van der Waals surface area contributed by atoms with Gasteiger partial charge >= 0.3 is 6.03 Å². The van der Waals surface area contributed by atoms with Crippen molar-refractivity contribution in [3.05, 3.63) is 65.5 Å². The second kappa shape index (κ2) is 9.77. The maximum absolute atomic E-state index is 13.4. The van der Waals surface area contributed by atoms with Crippen LogP contribution < -0.4 is 15.4 Å². The van der Waals surface area contributed by atoms with Crippen molar-refractivity contribution >= 4 is 6.03 Å². The highest BCUT2D eigenvalue weighted by atomic mass is 19.1. The molecule has 1 atom stereocenters. The third-order valence-corrected chi connectivity index (χ3v) is 4.05. The van der Waals surface area contributed by atoms with Crippen LogP contribution in [0.5, 0.6) is 5.75 Å². The topological polar surface area (TPSA) is 53.6 Å². The van der Waals surface area contributed by atoms with E-state index in [0.717, 1.165) is 16.9 Å². The number of nitrogens with zero attached hydrogens (tertiary/aromatic N) is 1. The minimum atomic E-state index is -0.285. The first-order valence-corrected chi connectivity index (χ1v) is 8.59. The van der Waals surface area contributed by atoms with E-state index in [1.165, 1.54) is 12.1 Å². The number of nitrogens with one attached hydrogen (secondary N) is 2. The molecule has 1 unspecified atom stereocenters. The average molecular weight is 359 g/mol. The summed E-state index contributed by atoms with van der Waals surface area (Å²) < 4.78 is 19.1. The predicted octanol–water partition coefficient (Wildman–Crippen LogP) is 3.12. The molecule has 140 valence electrons. The summed E-state index contributed by atoms with van der Waals surface area (Å²) in [6.45, 7) is 3.14. The molecule has 0 aliphatic rings. The molecule has 2 rings (SSSR count). The predicted molar refractivity (Wildman–Crippen MR) is 101 cm³/mol. The minimum Gasteiger partial charge on any atom is -0.491 e. The van der Waals surface area contributed by atoms with Gasteiger partial charge in [0.25, 0.3) is 0 Å². The molecule has 0 heterocycles. The zero-order chi connectivity index (χ0) is 18.9. The fraction of sp³-hybridized carbons (Fsp3) is 0.350. The number of benzene rings is 2. The lowest BCUT2D eigenvalue weighted by molar-refractivity contribution is 0.229. The average Bonchev–Trinajstić information content (AvgIpc) is 2.60. The summed E-state index contributed by atoms with van der Waals surface area (Å²) >= 11 is 0. The molecule has 0 aliphatic carbocycles. The maximum atomic E-state index is 13.4. The highest BCUT2D eigenvalue weighted by molar-refractivity contribution is 5.73. The van der Waals surface area contributed by atoms with Crippen LogP contribution in [0.2, 0.25) is 0 Å². The monoisotopic (exact) mass is 359 g/mol. The summed E-state index contributed by atoms with van der Waals surface area (Å²) in [6, 6.07) is 13.8. The van der Waals surface area contributed by atoms with Gasteiger partial charge in [0.1, 0.15) is 18.2 Å². The van der Waals surface area contributed by atoms with E-state index in [-0.39, 0.29) is 17.9 Å². The number of carbonyl (C=O) groups is 1. The molecule has 2 aromatic rings. The Labute approximate surface area is 154 Å². The van der Waals surface area contributed by atoms with Gasteiger partial charge in [-0.2, -0.15) is 0 Å². The fourth-order valence-electron chi connectivity index (χ4n) is 2.61. The van der Waals surface area contributed by atoms with Gasteiger partial charge in [0.15, 0.2) is 0 Å². The highest BCUT2D eigenvalue weighted by Crippen LogP contribution is 2.18. The molecule has 0 spiro atoms. The van der Waals surface area contributed by atoms with E-state index < -0.39 is 0 Å². The normalized spacial score (nSPS) is 11.9. The van der Waals surface area contributed by atoms with E-state index in [1.54, 1.807) is 6.07 Å². The Balaban J connectivity index is 1.75.